The smallest absolute Gasteiger partial charge is 0.223 e. The Balaban J connectivity index is 2.14. The lowest BCUT2D eigenvalue weighted by molar-refractivity contribution is -0.126. The molecule has 0 spiro atoms. The fourth-order valence-corrected chi connectivity index (χ4v) is 2.25. The topological polar surface area (TPSA) is 75.3 Å². The number of sulfone groups is 1. The summed E-state index contributed by atoms with van der Waals surface area (Å²) in [5, 5.41) is 5.90. The molecule has 6 heteroatoms. The third-order valence-corrected chi connectivity index (χ3v) is 3.96. The molecule has 2 N–H and O–H groups in total. The quantitative estimate of drug-likeness (QED) is 0.615. The van der Waals surface area contributed by atoms with E-state index < -0.39 is 9.84 Å². The second-order valence-electron chi connectivity index (χ2n) is 4.48. The summed E-state index contributed by atoms with van der Waals surface area (Å²) in [6, 6.07) is 0. The van der Waals surface area contributed by atoms with Gasteiger partial charge in [-0.2, -0.15) is 0 Å². The molecular weight excluding hydrogens is 228 g/mol. The number of nitrogens with one attached hydrogen (secondary N) is 2. The molecule has 1 aliphatic heterocycles. The van der Waals surface area contributed by atoms with E-state index in [0.717, 1.165) is 13.1 Å². The Morgan fingerprint density at radius 2 is 2.12 bits per heavy atom. The van der Waals surface area contributed by atoms with Crippen LogP contribution in [0, 0.1) is 11.8 Å². The van der Waals surface area contributed by atoms with Crippen LogP contribution < -0.4 is 10.6 Å². The predicted molar refractivity (Wildman–Crippen MR) is 62.9 cm³/mol. The zero-order chi connectivity index (χ0) is 12.2. The Morgan fingerprint density at radius 3 is 2.56 bits per heavy atom. The lowest BCUT2D eigenvalue weighted by Crippen LogP contribution is -2.49. The molecule has 0 aromatic rings. The molecule has 0 aliphatic carbocycles. The van der Waals surface area contributed by atoms with Gasteiger partial charge in [0.25, 0.3) is 0 Å². The van der Waals surface area contributed by atoms with Crippen LogP contribution in [0.15, 0.2) is 0 Å². The fourth-order valence-electron chi connectivity index (χ4n) is 1.59. The first-order chi connectivity index (χ1) is 7.40. The van der Waals surface area contributed by atoms with E-state index in [4.69, 9.17) is 0 Å². The van der Waals surface area contributed by atoms with Gasteiger partial charge in [-0.15, -0.1) is 0 Å². The van der Waals surface area contributed by atoms with Gasteiger partial charge in [0.15, 0.2) is 0 Å². The molecule has 0 aromatic carbocycles. The molecule has 5 nitrogen and oxygen atoms in total. The Hall–Kier alpha value is -0.620. The highest BCUT2D eigenvalue weighted by Crippen LogP contribution is 2.15. The summed E-state index contributed by atoms with van der Waals surface area (Å²) in [6.45, 7) is 4.16. The van der Waals surface area contributed by atoms with Crippen LogP contribution in [0.5, 0.6) is 0 Å². The van der Waals surface area contributed by atoms with Gasteiger partial charge in [-0.05, 0) is 25.4 Å². The van der Waals surface area contributed by atoms with Crippen molar-refractivity contribution in [3.63, 3.8) is 0 Å². The maximum Gasteiger partial charge on any atom is 0.223 e. The van der Waals surface area contributed by atoms with Gasteiger partial charge in [-0.3, -0.25) is 4.79 Å². The maximum absolute atomic E-state index is 11.6. The van der Waals surface area contributed by atoms with Crippen molar-refractivity contribution in [3.05, 3.63) is 0 Å². The summed E-state index contributed by atoms with van der Waals surface area (Å²) >= 11 is 0. The third kappa shape index (κ3) is 4.49. The van der Waals surface area contributed by atoms with Crippen molar-refractivity contribution in [1.82, 2.24) is 10.6 Å². The van der Waals surface area contributed by atoms with Gasteiger partial charge < -0.3 is 10.6 Å². The molecule has 1 amide bonds. The number of carbonyl (C=O) groups is 1. The Morgan fingerprint density at radius 1 is 1.50 bits per heavy atom. The van der Waals surface area contributed by atoms with Gasteiger partial charge in [-0.25, -0.2) is 8.42 Å². The molecule has 1 unspecified atom stereocenters. The van der Waals surface area contributed by atoms with E-state index in [9.17, 15) is 13.2 Å². The minimum Gasteiger partial charge on any atom is -0.356 e. The molecule has 1 atom stereocenters. The van der Waals surface area contributed by atoms with Crippen LogP contribution in [0.25, 0.3) is 0 Å². The van der Waals surface area contributed by atoms with Gasteiger partial charge in [0.05, 0.1) is 5.75 Å². The van der Waals surface area contributed by atoms with Crippen LogP contribution >= 0.6 is 0 Å². The SMILES string of the molecule is CC(C(=O)NCCCS(C)(=O)=O)C1CNC1. The van der Waals surface area contributed by atoms with Crippen LogP contribution in [0.2, 0.25) is 0 Å². The van der Waals surface area contributed by atoms with E-state index in [-0.39, 0.29) is 17.6 Å². The van der Waals surface area contributed by atoms with Crippen LogP contribution in [0.1, 0.15) is 13.3 Å². The second kappa shape index (κ2) is 5.63. The molecule has 1 aliphatic rings. The molecule has 1 heterocycles. The van der Waals surface area contributed by atoms with Crippen molar-refractivity contribution in [2.24, 2.45) is 11.8 Å². The van der Waals surface area contributed by atoms with E-state index in [0.29, 0.717) is 18.9 Å². The zero-order valence-corrected chi connectivity index (χ0v) is 10.6. The molecule has 1 rings (SSSR count). The van der Waals surface area contributed by atoms with Crippen LogP contribution in [0.4, 0.5) is 0 Å². The summed E-state index contributed by atoms with van der Waals surface area (Å²) in [5.74, 6) is 0.599. The third-order valence-electron chi connectivity index (χ3n) is 2.92. The maximum atomic E-state index is 11.6. The zero-order valence-electron chi connectivity index (χ0n) is 9.82. The molecule has 1 fully saturated rings. The highest BCUT2D eigenvalue weighted by atomic mass is 32.2. The second-order valence-corrected chi connectivity index (χ2v) is 6.74. The lowest BCUT2D eigenvalue weighted by atomic mass is 9.88. The summed E-state index contributed by atoms with van der Waals surface area (Å²) in [4.78, 5) is 11.6. The van der Waals surface area contributed by atoms with Crippen LogP contribution in [0.3, 0.4) is 0 Å². The van der Waals surface area contributed by atoms with Crippen molar-refractivity contribution in [2.75, 3.05) is 31.6 Å². The largest absolute Gasteiger partial charge is 0.356 e. The predicted octanol–water partition coefficient (Wildman–Crippen LogP) is -0.607. The van der Waals surface area contributed by atoms with Crippen molar-refractivity contribution in [1.29, 1.82) is 0 Å². The van der Waals surface area contributed by atoms with Crippen molar-refractivity contribution in [3.8, 4) is 0 Å². The van der Waals surface area contributed by atoms with Gasteiger partial charge in [0, 0.05) is 18.7 Å². The first-order valence-electron chi connectivity index (χ1n) is 5.56. The molecular formula is C10H20N2O3S. The van der Waals surface area contributed by atoms with E-state index in [1.807, 2.05) is 6.92 Å². The summed E-state index contributed by atoms with van der Waals surface area (Å²) < 4.78 is 21.7. The standard InChI is InChI=1S/C10H20N2O3S/c1-8(9-6-11-7-9)10(13)12-4-3-5-16(2,14)15/h8-9,11H,3-7H2,1-2H3,(H,12,13). The number of carbonyl (C=O) groups excluding carboxylic acids is 1. The molecule has 0 aromatic heterocycles. The highest BCUT2D eigenvalue weighted by Gasteiger charge is 2.28. The molecule has 0 bridgehead atoms. The van der Waals surface area contributed by atoms with E-state index in [1.165, 1.54) is 6.26 Å². The average molecular weight is 248 g/mol. The first-order valence-corrected chi connectivity index (χ1v) is 7.62. The van der Waals surface area contributed by atoms with Gasteiger partial charge in [0.1, 0.15) is 9.84 Å². The van der Waals surface area contributed by atoms with E-state index in [1.54, 1.807) is 0 Å². The summed E-state index contributed by atoms with van der Waals surface area (Å²) in [7, 11) is -2.91. The van der Waals surface area contributed by atoms with E-state index in [2.05, 4.69) is 10.6 Å². The molecule has 0 saturated carbocycles. The van der Waals surface area contributed by atoms with Gasteiger partial charge >= 0.3 is 0 Å². The monoisotopic (exact) mass is 248 g/mol. The summed E-state index contributed by atoms with van der Waals surface area (Å²) in [6.07, 6.45) is 1.69. The first kappa shape index (κ1) is 13.4. The van der Waals surface area contributed by atoms with Crippen LogP contribution in [-0.2, 0) is 14.6 Å². The van der Waals surface area contributed by atoms with Crippen LogP contribution in [-0.4, -0.2) is 46.0 Å². The van der Waals surface area contributed by atoms with Crippen molar-refractivity contribution >= 4 is 15.7 Å². The Bertz CT molecular complexity index is 336. The molecule has 1 saturated heterocycles. The molecule has 16 heavy (non-hydrogen) atoms. The minimum atomic E-state index is -2.91. The summed E-state index contributed by atoms with van der Waals surface area (Å²) in [5.41, 5.74) is 0. The average Bonchev–Trinajstić information content (AvgIpc) is 2.07. The normalized spacial score (nSPS) is 18.9. The highest BCUT2D eigenvalue weighted by molar-refractivity contribution is 7.90. The molecule has 94 valence electrons. The molecule has 0 radical (unpaired) electrons. The van der Waals surface area contributed by atoms with Crippen molar-refractivity contribution in [2.45, 2.75) is 13.3 Å². The van der Waals surface area contributed by atoms with Gasteiger partial charge in [0.2, 0.25) is 5.91 Å². The fraction of sp³-hybridized carbons (Fsp3) is 0.900. The Kier molecular flexibility index (Phi) is 4.73. The number of rotatable bonds is 6. The number of hydrogen-bond donors (Lipinski definition) is 2. The minimum absolute atomic E-state index is 0.0134. The number of hydrogen-bond acceptors (Lipinski definition) is 4. The van der Waals surface area contributed by atoms with E-state index >= 15 is 0 Å². The van der Waals surface area contributed by atoms with Gasteiger partial charge in [-0.1, -0.05) is 6.92 Å². The van der Waals surface area contributed by atoms with Crippen molar-refractivity contribution < 1.29 is 13.2 Å². The lowest BCUT2D eigenvalue weighted by Gasteiger charge is -2.31. The number of amides is 1. The Labute approximate surface area is 96.9 Å².